The quantitative estimate of drug-likeness (QED) is 0.768. The van der Waals surface area contributed by atoms with Gasteiger partial charge in [-0.2, -0.15) is 13.2 Å². The largest absolute Gasteiger partial charge is 0.416 e. The zero-order chi connectivity index (χ0) is 18.7. The number of piperidine rings is 1. The Kier molecular flexibility index (Phi) is 5.15. The van der Waals surface area contributed by atoms with Crippen molar-refractivity contribution in [2.24, 2.45) is 0 Å². The third-order valence-corrected chi connectivity index (χ3v) is 4.39. The lowest BCUT2D eigenvalue weighted by atomic mass is 10.1. The highest BCUT2D eigenvalue weighted by atomic mass is 19.4. The van der Waals surface area contributed by atoms with Gasteiger partial charge in [-0.1, -0.05) is 12.1 Å². The number of carbonyl (C=O) groups excluding carboxylic acids is 1. The second-order valence-electron chi connectivity index (χ2n) is 6.21. The van der Waals surface area contributed by atoms with Crippen molar-refractivity contribution in [1.29, 1.82) is 0 Å². The Morgan fingerprint density at radius 3 is 2.35 bits per heavy atom. The number of alkyl halides is 3. The normalized spacial score (nSPS) is 15.0. The topological polar surface area (TPSA) is 32.3 Å². The average Bonchev–Trinajstić information content (AvgIpc) is 2.62. The van der Waals surface area contributed by atoms with Gasteiger partial charge in [0.15, 0.2) is 0 Å². The third-order valence-electron chi connectivity index (χ3n) is 4.39. The SMILES string of the molecule is O=C(Nc1cc(C(F)(F)F)ccc1N1CCCCC1)c1ccccc1F. The number of carbonyl (C=O) groups is 1. The third kappa shape index (κ3) is 3.98. The molecule has 0 bridgehead atoms. The molecule has 0 spiro atoms. The summed E-state index contributed by atoms with van der Waals surface area (Å²) in [5, 5.41) is 2.46. The summed E-state index contributed by atoms with van der Waals surface area (Å²) in [6.45, 7) is 1.40. The highest BCUT2D eigenvalue weighted by molar-refractivity contribution is 6.06. The van der Waals surface area contributed by atoms with Crippen LogP contribution in [0.1, 0.15) is 35.2 Å². The van der Waals surface area contributed by atoms with Crippen LogP contribution in [0.3, 0.4) is 0 Å². The van der Waals surface area contributed by atoms with E-state index in [1.807, 2.05) is 4.90 Å². The fourth-order valence-corrected chi connectivity index (χ4v) is 3.06. The van der Waals surface area contributed by atoms with E-state index in [2.05, 4.69) is 5.32 Å². The standard InChI is InChI=1S/C19H18F4N2O/c20-15-7-3-2-6-14(15)18(26)24-16-12-13(19(21,22)23)8-9-17(16)25-10-4-1-5-11-25/h2-3,6-9,12H,1,4-5,10-11H2,(H,24,26). The Labute approximate surface area is 148 Å². The van der Waals surface area contributed by atoms with Crippen molar-refractivity contribution >= 4 is 17.3 Å². The lowest BCUT2D eigenvalue weighted by Crippen LogP contribution is -2.30. The molecule has 0 aromatic heterocycles. The molecule has 26 heavy (non-hydrogen) atoms. The van der Waals surface area contributed by atoms with Crippen LogP contribution in [0, 0.1) is 5.82 Å². The number of amides is 1. The fourth-order valence-electron chi connectivity index (χ4n) is 3.06. The molecule has 2 aromatic carbocycles. The van der Waals surface area contributed by atoms with Gasteiger partial charge in [0.2, 0.25) is 0 Å². The number of hydrogen-bond acceptors (Lipinski definition) is 2. The second kappa shape index (κ2) is 7.35. The molecule has 3 nitrogen and oxygen atoms in total. The number of nitrogens with one attached hydrogen (secondary N) is 1. The first kappa shape index (κ1) is 18.2. The molecule has 2 aromatic rings. The van der Waals surface area contributed by atoms with E-state index in [1.54, 1.807) is 0 Å². The number of halogens is 4. The molecule has 1 heterocycles. The molecule has 0 saturated carbocycles. The predicted molar refractivity (Wildman–Crippen MR) is 91.9 cm³/mol. The molecule has 1 aliphatic rings. The van der Waals surface area contributed by atoms with Crippen molar-refractivity contribution < 1.29 is 22.4 Å². The molecule has 0 radical (unpaired) electrons. The first-order chi connectivity index (χ1) is 12.4. The Morgan fingerprint density at radius 1 is 1.00 bits per heavy atom. The molecule has 0 aliphatic carbocycles. The maximum atomic E-state index is 13.8. The molecule has 1 aliphatic heterocycles. The van der Waals surface area contributed by atoms with Crippen LogP contribution in [0.25, 0.3) is 0 Å². The van der Waals surface area contributed by atoms with E-state index in [0.717, 1.165) is 37.5 Å². The number of benzene rings is 2. The zero-order valence-corrected chi connectivity index (χ0v) is 13.9. The van der Waals surface area contributed by atoms with Gasteiger partial charge in [0.25, 0.3) is 5.91 Å². The smallest absolute Gasteiger partial charge is 0.370 e. The van der Waals surface area contributed by atoms with Crippen molar-refractivity contribution in [2.45, 2.75) is 25.4 Å². The minimum atomic E-state index is -4.53. The Hall–Kier alpha value is -2.57. The van der Waals surface area contributed by atoms with Crippen LogP contribution in [0.15, 0.2) is 42.5 Å². The van der Waals surface area contributed by atoms with E-state index in [9.17, 15) is 22.4 Å². The van der Waals surface area contributed by atoms with Crippen LogP contribution in [0.5, 0.6) is 0 Å². The molecule has 0 atom stereocenters. The maximum absolute atomic E-state index is 13.8. The van der Waals surface area contributed by atoms with Crippen LogP contribution in [0.4, 0.5) is 28.9 Å². The minimum absolute atomic E-state index is 0.0370. The minimum Gasteiger partial charge on any atom is -0.370 e. The van der Waals surface area contributed by atoms with Gasteiger partial charge >= 0.3 is 6.18 Å². The molecule has 0 unspecified atom stereocenters. The van der Waals surface area contributed by atoms with Crippen molar-refractivity contribution in [3.8, 4) is 0 Å². The highest BCUT2D eigenvalue weighted by Gasteiger charge is 2.32. The van der Waals surface area contributed by atoms with Crippen molar-refractivity contribution in [1.82, 2.24) is 0 Å². The predicted octanol–water partition coefficient (Wildman–Crippen LogP) is 5.09. The molecule has 1 saturated heterocycles. The zero-order valence-electron chi connectivity index (χ0n) is 13.9. The highest BCUT2D eigenvalue weighted by Crippen LogP contribution is 2.36. The summed E-state index contributed by atoms with van der Waals surface area (Å²) in [6.07, 6.45) is -1.60. The number of rotatable bonds is 3. The summed E-state index contributed by atoms with van der Waals surface area (Å²) >= 11 is 0. The van der Waals surface area contributed by atoms with Gasteiger partial charge in [0, 0.05) is 13.1 Å². The van der Waals surface area contributed by atoms with Crippen LogP contribution < -0.4 is 10.2 Å². The van der Waals surface area contributed by atoms with E-state index in [-0.39, 0.29) is 11.3 Å². The summed E-state index contributed by atoms with van der Waals surface area (Å²) in [5.41, 5.74) is -0.519. The number of anilines is 2. The summed E-state index contributed by atoms with van der Waals surface area (Å²) in [6, 6.07) is 8.63. The molecule has 138 valence electrons. The van der Waals surface area contributed by atoms with E-state index in [4.69, 9.17) is 0 Å². The lowest BCUT2D eigenvalue weighted by Gasteiger charge is -2.31. The lowest BCUT2D eigenvalue weighted by molar-refractivity contribution is -0.137. The molecule has 1 N–H and O–H groups in total. The molecular weight excluding hydrogens is 348 g/mol. The summed E-state index contributed by atoms with van der Waals surface area (Å²) in [7, 11) is 0. The number of hydrogen-bond donors (Lipinski definition) is 1. The van der Waals surface area contributed by atoms with Gasteiger partial charge < -0.3 is 10.2 Å². The van der Waals surface area contributed by atoms with Gasteiger partial charge in [-0.05, 0) is 49.6 Å². The molecule has 1 amide bonds. The Bertz CT molecular complexity index is 798. The van der Waals surface area contributed by atoms with Crippen molar-refractivity contribution in [3.05, 3.63) is 59.4 Å². The van der Waals surface area contributed by atoms with Gasteiger partial charge in [0.05, 0.1) is 22.5 Å². The first-order valence-corrected chi connectivity index (χ1v) is 8.38. The van der Waals surface area contributed by atoms with Gasteiger partial charge in [0.1, 0.15) is 5.82 Å². The molecule has 3 rings (SSSR count). The van der Waals surface area contributed by atoms with Crippen molar-refractivity contribution in [3.63, 3.8) is 0 Å². The second-order valence-corrected chi connectivity index (χ2v) is 6.21. The van der Waals surface area contributed by atoms with Gasteiger partial charge in [-0.3, -0.25) is 4.79 Å². The van der Waals surface area contributed by atoms with Crippen LogP contribution >= 0.6 is 0 Å². The monoisotopic (exact) mass is 366 g/mol. The molecule has 1 fully saturated rings. The summed E-state index contributed by atoms with van der Waals surface area (Å²) < 4.78 is 53.1. The maximum Gasteiger partial charge on any atom is 0.416 e. The van der Waals surface area contributed by atoms with E-state index < -0.39 is 23.5 Å². The van der Waals surface area contributed by atoms with Crippen LogP contribution in [0.2, 0.25) is 0 Å². The van der Waals surface area contributed by atoms with E-state index in [0.29, 0.717) is 18.8 Å². The summed E-state index contributed by atoms with van der Waals surface area (Å²) in [4.78, 5) is 14.3. The molecule has 7 heteroatoms. The molecular formula is C19H18F4N2O. The van der Waals surface area contributed by atoms with Crippen LogP contribution in [-0.4, -0.2) is 19.0 Å². The van der Waals surface area contributed by atoms with Gasteiger partial charge in [-0.15, -0.1) is 0 Å². The Balaban J connectivity index is 1.96. The average molecular weight is 366 g/mol. The van der Waals surface area contributed by atoms with E-state index in [1.165, 1.54) is 24.3 Å². The number of nitrogens with zero attached hydrogens (tertiary/aromatic N) is 1. The first-order valence-electron chi connectivity index (χ1n) is 8.38. The van der Waals surface area contributed by atoms with Crippen molar-refractivity contribution in [2.75, 3.05) is 23.3 Å². The van der Waals surface area contributed by atoms with E-state index >= 15 is 0 Å². The summed E-state index contributed by atoms with van der Waals surface area (Å²) in [5.74, 6) is -1.50. The van der Waals surface area contributed by atoms with Crippen LogP contribution in [-0.2, 0) is 6.18 Å². The van der Waals surface area contributed by atoms with Gasteiger partial charge in [-0.25, -0.2) is 4.39 Å². The fraction of sp³-hybridized carbons (Fsp3) is 0.316. The Morgan fingerprint density at radius 2 is 1.69 bits per heavy atom.